The summed E-state index contributed by atoms with van der Waals surface area (Å²) in [5.74, 6) is -2.70. The third kappa shape index (κ3) is 11.9. The highest BCUT2D eigenvalue weighted by molar-refractivity contribution is 7.14. The van der Waals surface area contributed by atoms with E-state index in [1.165, 1.54) is 26.3 Å². The summed E-state index contributed by atoms with van der Waals surface area (Å²) in [6.45, 7) is 24.6. The molecule has 2 bridgehead atoms. The molecule has 3 saturated carbocycles. The maximum atomic E-state index is 14.8. The summed E-state index contributed by atoms with van der Waals surface area (Å²) in [7, 11) is 0.492. The Labute approximate surface area is 374 Å². The highest BCUT2D eigenvalue weighted by Gasteiger charge is 2.68. The monoisotopic (exact) mass is 897 g/mol. The number of carbonyl (C=O) groups excluding carboxylic acids is 5. The van der Waals surface area contributed by atoms with Gasteiger partial charge in [0, 0.05) is 5.38 Å². The minimum Gasteiger partial charge on any atom is -0.496 e. The third-order valence-electron chi connectivity index (χ3n) is 11.2. The fraction of sp³-hybridized carbons (Fsp3) is 0.659. The van der Waals surface area contributed by atoms with Crippen LogP contribution in [0.25, 0.3) is 0 Å². The Hall–Kier alpha value is -4.75. The first-order chi connectivity index (χ1) is 28.9. The minimum atomic E-state index is -1.66. The predicted molar refractivity (Wildman–Crippen MR) is 236 cm³/mol. The highest BCUT2D eigenvalue weighted by atomic mass is 32.1. The van der Waals surface area contributed by atoms with Crippen molar-refractivity contribution < 1.29 is 57.1 Å². The number of hydrogen-bond acceptors (Lipinski definition) is 15. The summed E-state index contributed by atoms with van der Waals surface area (Å²) >= 11 is 0.988. The van der Waals surface area contributed by atoms with E-state index in [0.717, 1.165) is 24.2 Å². The molecule has 0 radical (unpaired) electrons. The van der Waals surface area contributed by atoms with Crippen molar-refractivity contribution in [3.05, 3.63) is 40.4 Å². The average Bonchev–Trinajstić information content (AvgIpc) is 3.75. The molecular formula is C44H64BN5O12S. The summed E-state index contributed by atoms with van der Waals surface area (Å²) in [6.07, 6.45) is 0.836. The number of para-hydroxylation sites is 1. The van der Waals surface area contributed by atoms with Crippen molar-refractivity contribution >= 4 is 59.1 Å². The zero-order valence-corrected chi connectivity index (χ0v) is 40.0. The zero-order valence-electron chi connectivity index (χ0n) is 39.2. The molecule has 1 aliphatic heterocycles. The van der Waals surface area contributed by atoms with Crippen molar-refractivity contribution in [2.45, 2.75) is 156 Å². The number of amides is 3. The van der Waals surface area contributed by atoms with E-state index in [4.69, 9.17) is 33.1 Å². The van der Waals surface area contributed by atoms with E-state index in [0.29, 0.717) is 11.5 Å². The lowest BCUT2D eigenvalue weighted by atomic mass is 9.43. The van der Waals surface area contributed by atoms with Gasteiger partial charge in [-0.05, 0) is 131 Å². The van der Waals surface area contributed by atoms with Crippen LogP contribution in [-0.2, 0) is 49.2 Å². The maximum Gasteiger partial charge on any atom is 0.482 e. The molecule has 0 spiro atoms. The molecule has 4 aliphatic rings. The first kappa shape index (κ1) is 49.3. The number of anilines is 1. The van der Waals surface area contributed by atoms with Gasteiger partial charge in [0.05, 0.1) is 24.8 Å². The highest BCUT2D eigenvalue weighted by Crippen LogP contribution is 2.65. The second-order valence-electron chi connectivity index (χ2n) is 20.6. The Morgan fingerprint density at radius 2 is 1.59 bits per heavy atom. The van der Waals surface area contributed by atoms with Crippen molar-refractivity contribution in [3.63, 3.8) is 0 Å². The van der Waals surface area contributed by atoms with Crippen molar-refractivity contribution in [3.8, 4) is 5.75 Å². The molecule has 17 nitrogen and oxygen atoms in total. The number of hydrogen-bond donors (Lipinski definition) is 3. The number of carbonyl (C=O) groups is 5. The largest absolute Gasteiger partial charge is 0.496 e. The smallest absolute Gasteiger partial charge is 0.482 e. The molecule has 1 saturated heterocycles. The number of esters is 2. The molecule has 4 unspecified atom stereocenters. The molecule has 3 amide bonds. The Morgan fingerprint density at radius 3 is 2.19 bits per heavy atom. The molecule has 2 aromatic rings. The standard InChI is InChI=1S/C44H64BN5O12S/c1-39(2,3)57-35(53)26-18-16-17-24(33(26)56-15)19-30(45-60-29-21-25-20-28(42(25,10)11)44(29,14)61-45)48-34(52)32(50-62-43(12,13)36(54)58-40(4,5)6)27-23-63-37(47-27)49-31(51)22-46-38(55)59-41(7,8)9/h16-18,23,25,28-30H,19-22H2,1-15H3,(H,46,55)(H,48,52)(H,47,49,51)/b50-32-/t25?,28?,29?,30-,44?/m0/s1. The van der Waals surface area contributed by atoms with Crippen LogP contribution in [0.1, 0.15) is 131 Å². The van der Waals surface area contributed by atoms with Crippen LogP contribution in [0.5, 0.6) is 5.75 Å². The molecular weight excluding hydrogens is 833 g/mol. The lowest BCUT2D eigenvalue weighted by Gasteiger charge is -2.64. The van der Waals surface area contributed by atoms with Crippen molar-refractivity contribution in [1.29, 1.82) is 0 Å². The van der Waals surface area contributed by atoms with Gasteiger partial charge in [0.1, 0.15) is 40.4 Å². The second kappa shape index (κ2) is 18.0. The summed E-state index contributed by atoms with van der Waals surface area (Å²) in [6, 6.07) is 5.10. The fourth-order valence-electron chi connectivity index (χ4n) is 8.11. The van der Waals surface area contributed by atoms with Crippen molar-refractivity contribution in [2.75, 3.05) is 19.0 Å². The van der Waals surface area contributed by atoms with Crippen molar-refractivity contribution in [2.24, 2.45) is 22.4 Å². The molecule has 19 heteroatoms. The van der Waals surface area contributed by atoms with Gasteiger partial charge in [0.25, 0.3) is 5.91 Å². The quantitative estimate of drug-likeness (QED) is 0.0617. The number of aromatic nitrogens is 1. The van der Waals surface area contributed by atoms with Gasteiger partial charge in [-0.1, -0.05) is 31.1 Å². The van der Waals surface area contributed by atoms with Crippen LogP contribution in [0.4, 0.5) is 9.93 Å². The Bertz CT molecular complexity index is 2100. The number of thiazole rings is 1. The molecule has 3 N–H and O–H groups in total. The summed E-state index contributed by atoms with van der Waals surface area (Å²) in [5, 5.41) is 13.8. The number of oxime groups is 1. The summed E-state index contributed by atoms with van der Waals surface area (Å²) in [4.78, 5) is 76.6. The van der Waals surface area contributed by atoms with Gasteiger partial charge in [-0.2, -0.15) is 0 Å². The Morgan fingerprint density at radius 1 is 0.937 bits per heavy atom. The Balaban J connectivity index is 1.49. The number of benzene rings is 1. The molecule has 2 heterocycles. The van der Waals surface area contributed by atoms with Gasteiger partial charge in [-0.3, -0.25) is 9.59 Å². The van der Waals surface area contributed by atoms with Gasteiger partial charge in [-0.25, -0.2) is 19.4 Å². The Kier molecular flexibility index (Phi) is 14.1. The number of methoxy groups -OCH3 is 1. The van der Waals surface area contributed by atoms with Gasteiger partial charge in [-0.15, -0.1) is 11.3 Å². The topological polar surface area (TPSA) is 211 Å². The number of nitrogens with one attached hydrogen (secondary N) is 3. The van der Waals surface area contributed by atoms with Crippen molar-refractivity contribution in [1.82, 2.24) is 15.6 Å². The number of alkyl carbamates (subject to hydrolysis) is 1. The fourth-order valence-corrected chi connectivity index (χ4v) is 8.82. The summed E-state index contributed by atoms with van der Waals surface area (Å²) in [5.41, 5.74) is -4.25. The molecule has 1 aromatic heterocycles. The van der Waals surface area contributed by atoms with E-state index >= 15 is 0 Å². The van der Waals surface area contributed by atoms with Crippen LogP contribution in [0, 0.1) is 17.3 Å². The molecule has 5 atom stereocenters. The van der Waals surface area contributed by atoms with Crippen LogP contribution in [0.15, 0.2) is 28.7 Å². The second-order valence-corrected chi connectivity index (χ2v) is 21.5. The van der Waals surface area contributed by atoms with Crippen LogP contribution in [0.2, 0.25) is 0 Å². The van der Waals surface area contributed by atoms with E-state index < -0.39 is 77.5 Å². The number of nitrogens with zero attached hydrogens (tertiary/aromatic N) is 2. The first-order valence-corrected chi connectivity index (χ1v) is 22.1. The SMILES string of the molecule is COc1c(C[C@H](NC(=O)/C(=N\OC(C)(C)C(=O)OC(C)(C)C)c2csc(NC(=O)CNC(=O)OC(C)(C)C)n2)B2OC3CC4CC(C4(C)C)C3(C)O2)cccc1C(=O)OC(C)(C)C. The molecule has 3 aliphatic carbocycles. The molecule has 4 fully saturated rings. The van der Waals surface area contributed by atoms with Crippen LogP contribution in [-0.4, -0.2) is 101 Å². The lowest BCUT2D eigenvalue weighted by Crippen LogP contribution is -2.65. The number of ether oxygens (including phenoxy) is 4. The normalized spacial score (nSPS) is 22.4. The molecule has 63 heavy (non-hydrogen) atoms. The lowest BCUT2D eigenvalue weighted by molar-refractivity contribution is -0.199. The van der Waals surface area contributed by atoms with Crippen LogP contribution in [0.3, 0.4) is 0 Å². The van der Waals surface area contributed by atoms with Gasteiger partial charge >= 0.3 is 25.2 Å². The minimum absolute atomic E-state index is 0.00685. The van der Waals surface area contributed by atoms with Gasteiger partial charge in [0.15, 0.2) is 10.8 Å². The average molecular weight is 898 g/mol. The van der Waals surface area contributed by atoms with Gasteiger partial charge < -0.3 is 49.0 Å². The van der Waals surface area contributed by atoms with Crippen LogP contribution < -0.4 is 20.7 Å². The molecule has 346 valence electrons. The summed E-state index contributed by atoms with van der Waals surface area (Å²) < 4.78 is 35.9. The zero-order chi connectivity index (χ0) is 47.1. The molecule has 1 aromatic carbocycles. The predicted octanol–water partition coefficient (Wildman–Crippen LogP) is 6.41. The van der Waals surface area contributed by atoms with E-state index in [1.54, 1.807) is 80.5 Å². The number of rotatable bonds is 14. The maximum absolute atomic E-state index is 14.8. The van der Waals surface area contributed by atoms with E-state index in [2.05, 4.69) is 46.9 Å². The van der Waals surface area contributed by atoms with Gasteiger partial charge in [0.2, 0.25) is 11.5 Å². The van der Waals surface area contributed by atoms with E-state index in [1.807, 2.05) is 0 Å². The third-order valence-corrected chi connectivity index (χ3v) is 12.0. The van der Waals surface area contributed by atoms with E-state index in [-0.39, 0.29) is 51.7 Å². The molecule has 6 rings (SSSR count). The van der Waals surface area contributed by atoms with Crippen LogP contribution >= 0.6 is 11.3 Å². The van der Waals surface area contributed by atoms with E-state index in [9.17, 15) is 24.0 Å². The first-order valence-electron chi connectivity index (χ1n) is 21.2.